The summed E-state index contributed by atoms with van der Waals surface area (Å²) in [5, 5.41) is 0.0602. The summed E-state index contributed by atoms with van der Waals surface area (Å²) < 4.78 is 37.5. The lowest BCUT2D eigenvalue weighted by molar-refractivity contribution is -0.137. The van der Waals surface area contributed by atoms with Gasteiger partial charge in [-0.25, -0.2) is 4.98 Å². The second-order valence-electron chi connectivity index (χ2n) is 2.88. The average Bonchev–Trinajstić information content (AvgIpc) is 2.44. The van der Waals surface area contributed by atoms with Crippen LogP contribution in [0.1, 0.15) is 5.56 Å². The van der Waals surface area contributed by atoms with Gasteiger partial charge in [0.25, 0.3) is 0 Å². The number of imidazole rings is 1. The van der Waals surface area contributed by atoms with Gasteiger partial charge in [-0.15, -0.1) is 0 Å². The van der Waals surface area contributed by atoms with Crippen molar-refractivity contribution in [2.24, 2.45) is 0 Å². The molecule has 7 heteroatoms. The molecule has 0 aliphatic rings. The predicted molar refractivity (Wildman–Crippen MR) is 53.8 cm³/mol. The number of rotatable bonds is 0. The van der Waals surface area contributed by atoms with Crippen molar-refractivity contribution in [3.63, 3.8) is 0 Å². The van der Waals surface area contributed by atoms with Gasteiger partial charge in [0, 0.05) is 4.47 Å². The van der Waals surface area contributed by atoms with Gasteiger partial charge in [0.15, 0.2) is 0 Å². The molecule has 0 saturated heterocycles. The molecule has 0 atom stereocenters. The van der Waals surface area contributed by atoms with Gasteiger partial charge in [-0.1, -0.05) is 0 Å². The molecule has 1 N–H and O–H groups in total. The number of nitrogens with one attached hydrogen (secondary N) is 1. The van der Waals surface area contributed by atoms with Crippen LogP contribution in [0.25, 0.3) is 11.0 Å². The van der Waals surface area contributed by atoms with E-state index in [4.69, 9.17) is 11.6 Å². The van der Waals surface area contributed by atoms with Crippen molar-refractivity contribution in [1.29, 1.82) is 0 Å². The van der Waals surface area contributed by atoms with Gasteiger partial charge >= 0.3 is 6.18 Å². The molecule has 0 fully saturated rings. The molecule has 2 aromatic rings. The van der Waals surface area contributed by atoms with Crippen molar-refractivity contribution in [2.45, 2.75) is 6.18 Å². The van der Waals surface area contributed by atoms with Crippen LogP contribution in [0, 0.1) is 0 Å². The van der Waals surface area contributed by atoms with E-state index in [0.717, 1.165) is 12.1 Å². The number of hydrogen-bond acceptors (Lipinski definition) is 1. The highest BCUT2D eigenvalue weighted by atomic mass is 79.9. The molecule has 0 spiro atoms. The summed E-state index contributed by atoms with van der Waals surface area (Å²) in [5.41, 5.74) is -0.114. The molecule has 80 valence electrons. The topological polar surface area (TPSA) is 28.7 Å². The highest BCUT2D eigenvalue weighted by Gasteiger charge is 2.31. The number of nitrogens with zero attached hydrogens (tertiary/aromatic N) is 1. The maximum atomic E-state index is 12.4. The molecule has 2 rings (SSSR count). The second-order valence-corrected chi connectivity index (χ2v) is 4.09. The molecule has 1 heterocycles. The summed E-state index contributed by atoms with van der Waals surface area (Å²) in [5.74, 6) is 0. The smallest absolute Gasteiger partial charge is 0.329 e. The van der Waals surface area contributed by atoms with Crippen molar-refractivity contribution < 1.29 is 13.2 Å². The van der Waals surface area contributed by atoms with Gasteiger partial charge in [-0.05, 0) is 39.7 Å². The zero-order valence-electron chi connectivity index (χ0n) is 6.99. The van der Waals surface area contributed by atoms with Crippen molar-refractivity contribution in [2.75, 3.05) is 0 Å². The summed E-state index contributed by atoms with van der Waals surface area (Å²) in [4.78, 5) is 6.37. The standard InChI is InChI=1S/C8H3BrClF3N2/c9-4-1-3(8(11,12)13)2-5-6(4)15-7(10)14-5/h1-2H,(H,14,15). The fourth-order valence-electron chi connectivity index (χ4n) is 1.21. The number of hydrogen-bond donors (Lipinski definition) is 1. The molecule has 1 aromatic heterocycles. The number of alkyl halides is 3. The zero-order chi connectivity index (χ0) is 11.2. The Hall–Kier alpha value is -0.750. The lowest BCUT2D eigenvalue weighted by Crippen LogP contribution is -2.04. The minimum absolute atomic E-state index is 0.0602. The van der Waals surface area contributed by atoms with E-state index in [0.29, 0.717) is 5.52 Å². The Morgan fingerprint density at radius 2 is 2.00 bits per heavy atom. The van der Waals surface area contributed by atoms with Crippen LogP contribution >= 0.6 is 27.5 Å². The number of aromatic amines is 1. The molecule has 0 amide bonds. The maximum Gasteiger partial charge on any atom is 0.416 e. The molecule has 0 radical (unpaired) electrons. The Bertz CT molecular complexity index is 520. The molecule has 0 unspecified atom stereocenters. The molecular formula is C8H3BrClF3N2. The lowest BCUT2D eigenvalue weighted by Gasteiger charge is -2.06. The first-order chi connectivity index (χ1) is 6.88. The molecule has 2 nitrogen and oxygen atoms in total. The van der Waals surface area contributed by atoms with Crippen LogP contribution in [0.2, 0.25) is 5.28 Å². The molecule has 0 bridgehead atoms. The van der Waals surface area contributed by atoms with E-state index < -0.39 is 11.7 Å². The van der Waals surface area contributed by atoms with E-state index in [2.05, 4.69) is 25.9 Å². The molecule has 0 saturated carbocycles. The molecule has 15 heavy (non-hydrogen) atoms. The fraction of sp³-hybridized carbons (Fsp3) is 0.125. The number of aromatic nitrogens is 2. The van der Waals surface area contributed by atoms with Gasteiger partial charge < -0.3 is 4.98 Å². The Labute approximate surface area is 95.6 Å². The van der Waals surface area contributed by atoms with E-state index in [1.54, 1.807) is 0 Å². The Balaban J connectivity index is 2.72. The molecular weight excluding hydrogens is 296 g/mol. The third-order valence-corrected chi connectivity index (χ3v) is 2.62. The average molecular weight is 299 g/mol. The van der Waals surface area contributed by atoms with E-state index in [-0.39, 0.29) is 15.3 Å². The van der Waals surface area contributed by atoms with Crippen molar-refractivity contribution in [1.82, 2.24) is 9.97 Å². The monoisotopic (exact) mass is 298 g/mol. The van der Waals surface area contributed by atoms with Crippen LogP contribution < -0.4 is 0 Å². The van der Waals surface area contributed by atoms with E-state index >= 15 is 0 Å². The van der Waals surface area contributed by atoms with Crippen LogP contribution in [0.4, 0.5) is 13.2 Å². The number of halogens is 5. The fourth-order valence-corrected chi connectivity index (χ4v) is 1.94. The Morgan fingerprint density at radius 1 is 1.33 bits per heavy atom. The summed E-state index contributed by atoms with van der Waals surface area (Å²) in [6, 6.07) is 1.94. The van der Waals surface area contributed by atoms with Gasteiger partial charge in [-0.2, -0.15) is 13.2 Å². The van der Waals surface area contributed by atoms with Gasteiger partial charge in [0.1, 0.15) is 5.52 Å². The van der Waals surface area contributed by atoms with Crippen molar-refractivity contribution in [3.8, 4) is 0 Å². The maximum absolute atomic E-state index is 12.4. The van der Waals surface area contributed by atoms with Crippen LogP contribution in [0.15, 0.2) is 16.6 Å². The summed E-state index contributed by atoms with van der Waals surface area (Å²) in [6.07, 6.45) is -4.38. The van der Waals surface area contributed by atoms with Crippen molar-refractivity contribution >= 4 is 38.6 Å². The van der Waals surface area contributed by atoms with Crippen LogP contribution in [-0.2, 0) is 6.18 Å². The normalized spacial score (nSPS) is 12.3. The first-order valence-electron chi connectivity index (χ1n) is 3.80. The number of H-pyrrole nitrogens is 1. The van der Waals surface area contributed by atoms with Crippen LogP contribution in [0.5, 0.6) is 0 Å². The SMILES string of the molecule is FC(F)(F)c1cc(Br)c2nc(Cl)[nH]c2c1. The first-order valence-corrected chi connectivity index (χ1v) is 4.97. The van der Waals surface area contributed by atoms with Gasteiger partial charge in [0.2, 0.25) is 5.28 Å². The van der Waals surface area contributed by atoms with Gasteiger partial charge in [-0.3, -0.25) is 0 Å². The Morgan fingerprint density at radius 3 is 2.60 bits per heavy atom. The van der Waals surface area contributed by atoms with Crippen LogP contribution in [-0.4, -0.2) is 9.97 Å². The lowest BCUT2D eigenvalue weighted by atomic mass is 10.2. The summed E-state index contributed by atoms with van der Waals surface area (Å²) in [7, 11) is 0. The third kappa shape index (κ3) is 1.96. The highest BCUT2D eigenvalue weighted by Crippen LogP contribution is 2.34. The van der Waals surface area contributed by atoms with E-state index in [1.807, 2.05) is 0 Å². The molecule has 1 aromatic carbocycles. The Kier molecular flexibility index (Phi) is 2.42. The minimum Gasteiger partial charge on any atom is -0.329 e. The van der Waals surface area contributed by atoms with E-state index in [1.165, 1.54) is 0 Å². The van der Waals surface area contributed by atoms with Gasteiger partial charge in [0.05, 0.1) is 11.1 Å². The zero-order valence-corrected chi connectivity index (χ0v) is 9.33. The van der Waals surface area contributed by atoms with E-state index in [9.17, 15) is 13.2 Å². The number of fused-ring (bicyclic) bond motifs is 1. The minimum atomic E-state index is -4.38. The third-order valence-electron chi connectivity index (χ3n) is 1.84. The van der Waals surface area contributed by atoms with Crippen LogP contribution in [0.3, 0.4) is 0 Å². The quantitative estimate of drug-likeness (QED) is 0.782. The predicted octanol–water partition coefficient (Wildman–Crippen LogP) is 4.00. The largest absolute Gasteiger partial charge is 0.416 e. The number of benzene rings is 1. The second kappa shape index (κ2) is 3.38. The molecule has 0 aliphatic heterocycles. The summed E-state index contributed by atoms with van der Waals surface area (Å²) in [6.45, 7) is 0. The van der Waals surface area contributed by atoms with Crippen molar-refractivity contribution in [3.05, 3.63) is 27.5 Å². The summed E-state index contributed by atoms with van der Waals surface area (Å²) >= 11 is 8.57. The first kappa shape index (κ1) is 10.8. The molecule has 0 aliphatic carbocycles. The highest BCUT2D eigenvalue weighted by molar-refractivity contribution is 9.10.